The molecule has 1 atom stereocenters. The molecule has 0 aliphatic heterocycles. The quantitative estimate of drug-likeness (QED) is 0.910. The average molecular weight is 297 g/mol. The molecule has 0 bridgehead atoms. The SMILES string of the molecule is Cc1ccc(C(C)NC(=O)COc2ccc(C)cc2C)cc1. The van der Waals surface area contributed by atoms with Gasteiger partial charge in [0.15, 0.2) is 6.61 Å². The highest BCUT2D eigenvalue weighted by Crippen LogP contribution is 2.18. The number of rotatable bonds is 5. The summed E-state index contributed by atoms with van der Waals surface area (Å²) in [6, 6.07) is 14.1. The maximum absolute atomic E-state index is 12.0. The Kier molecular flexibility index (Phi) is 5.21. The van der Waals surface area contributed by atoms with Gasteiger partial charge in [-0.25, -0.2) is 0 Å². The summed E-state index contributed by atoms with van der Waals surface area (Å²) in [5, 5.41) is 2.95. The summed E-state index contributed by atoms with van der Waals surface area (Å²) in [6.07, 6.45) is 0. The Hall–Kier alpha value is -2.29. The van der Waals surface area contributed by atoms with E-state index in [1.165, 1.54) is 11.1 Å². The molecule has 1 amide bonds. The van der Waals surface area contributed by atoms with Crippen molar-refractivity contribution in [2.24, 2.45) is 0 Å². The molecule has 0 aliphatic carbocycles. The molecular formula is C19H23NO2. The number of aryl methyl sites for hydroxylation is 3. The number of ether oxygens (including phenoxy) is 1. The minimum Gasteiger partial charge on any atom is -0.484 e. The first-order valence-corrected chi connectivity index (χ1v) is 7.51. The van der Waals surface area contributed by atoms with Crippen molar-refractivity contribution < 1.29 is 9.53 Å². The van der Waals surface area contributed by atoms with E-state index in [1.807, 2.05) is 70.2 Å². The van der Waals surface area contributed by atoms with Crippen LogP contribution in [0.5, 0.6) is 5.75 Å². The third-order valence-corrected chi connectivity index (χ3v) is 3.64. The number of carbonyl (C=O) groups excluding carboxylic acids is 1. The van der Waals surface area contributed by atoms with Crippen LogP contribution in [0.25, 0.3) is 0 Å². The van der Waals surface area contributed by atoms with Gasteiger partial charge in [-0.05, 0) is 44.9 Å². The maximum atomic E-state index is 12.0. The Bertz CT molecular complexity index is 647. The highest BCUT2D eigenvalue weighted by molar-refractivity contribution is 5.78. The van der Waals surface area contributed by atoms with Gasteiger partial charge in [0.25, 0.3) is 5.91 Å². The fourth-order valence-corrected chi connectivity index (χ4v) is 2.33. The zero-order valence-corrected chi connectivity index (χ0v) is 13.6. The van der Waals surface area contributed by atoms with E-state index in [2.05, 4.69) is 5.32 Å². The van der Waals surface area contributed by atoms with Crippen LogP contribution < -0.4 is 10.1 Å². The van der Waals surface area contributed by atoms with Gasteiger partial charge >= 0.3 is 0 Å². The first-order chi connectivity index (χ1) is 10.5. The number of hydrogen-bond donors (Lipinski definition) is 1. The highest BCUT2D eigenvalue weighted by Gasteiger charge is 2.10. The van der Waals surface area contributed by atoms with Gasteiger partial charge in [0.05, 0.1) is 6.04 Å². The second kappa shape index (κ2) is 7.12. The summed E-state index contributed by atoms with van der Waals surface area (Å²) in [5.74, 6) is 0.636. The van der Waals surface area contributed by atoms with E-state index >= 15 is 0 Å². The molecule has 0 saturated carbocycles. The van der Waals surface area contributed by atoms with E-state index in [0.717, 1.165) is 16.9 Å². The Balaban J connectivity index is 1.88. The molecule has 0 heterocycles. The lowest BCUT2D eigenvalue weighted by atomic mass is 10.1. The van der Waals surface area contributed by atoms with Gasteiger partial charge in [0.1, 0.15) is 5.75 Å². The van der Waals surface area contributed by atoms with Crippen molar-refractivity contribution in [1.29, 1.82) is 0 Å². The van der Waals surface area contributed by atoms with Crippen LogP contribution in [0.15, 0.2) is 42.5 Å². The molecule has 2 aromatic rings. The number of hydrogen-bond acceptors (Lipinski definition) is 2. The van der Waals surface area contributed by atoms with Crippen molar-refractivity contribution in [3.05, 3.63) is 64.7 Å². The summed E-state index contributed by atoms with van der Waals surface area (Å²) in [5.41, 5.74) is 4.52. The van der Waals surface area contributed by atoms with Gasteiger partial charge in [-0.3, -0.25) is 4.79 Å². The minimum atomic E-state index is -0.118. The van der Waals surface area contributed by atoms with Crippen molar-refractivity contribution in [3.8, 4) is 5.75 Å². The van der Waals surface area contributed by atoms with Crippen molar-refractivity contribution in [3.63, 3.8) is 0 Å². The molecule has 0 fully saturated rings. The Labute approximate surface area is 132 Å². The van der Waals surface area contributed by atoms with E-state index in [0.29, 0.717) is 0 Å². The van der Waals surface area contributed by atoms with Gasteiger partial charge in [-0.2, -0.15) is 0 Å². The predicted molar refractivity (Wildman–Crippen MR) is 89.1 cm³/mol. The van der Waals surface area contributed by atoms with E-state index in [1.54, 1.807) is 0 Å². The molecular weight excluding hydrogens is 274 g/mol. The number of amides is 1. The van der Waals surface area contributed by atoms with E-state index in [4.69, 9.17) is 4.74 Å². The van der Waals surface area contributed by atoms with E-state index < -0.39 is 0 Å². The van der Waals surface area contributed by atoms with Gasteiger partial charge in [0.2, 0.25) is 0 Å². The summed E-state index contributed by atoms with van der Waals surface area (Å²) in [7, 11) is 0. The molecule has 3 nitrogen and oxygen atoms in total. The normalized spacial score (nSPS) is 11.8. The van der Waals surface area contributed by atoms with Crippen molar-refractivity contribution in [1.82, 2.24) is 5.32 Å². The average Bonchev–Trinajstić information content (AvgIpc) is 2.47. The molecule has 22 heavy (non-hydrogen) atoms. The van der Waals surface area contributed by atoms with Crippen LogP contribution in [0.2, 0.25) is 0 Å². The van der Waals surface area contributed by atoms with Crippen LogP contribution in [0.3, 0.4) is 0 Å². The van der Waals surface area contributed by atoms with Crippen molar-refractivity contribution in [2.45, 2.75) is 33.7 Å². The summed E-state index contributed by atoms with van der Waals surface area (Å²) in [6.45, 7) is 8.06. The Morgan fingerprint density at radius 1 is 1.05 bits per heavy atom. The van der Waals surface area contributed by atoms with Crippen LogP contribution in [0, 0.1) is 20.8 Å². The van der Waals surface area contributed by atoms with Gasteiger partial charge in [-0.15, -0.1) is 0 Å². The molecule has 2 rings (SSSR count). The minimum absolute atomic E-state index is 0.0279. The fraction of sp³-hybridized carbons (Fsp3) is 0.316. The topological polar surface area (TPSA) is 38.3 Å². The van der Waals surface area contributed by atoms with Gasteiger partial charge < -0.3 is 10.1 Å². The number of carbonyl (C=O) groups is 1. The van der Waals surface area contributed by atoms with Crippen LogP contribution in [0.1, 0.15) is 35.2 Å². The molecule has 2 aromatic carbocycles. The molecule has 0 saturated heterocycles. The summed E-state index contributed by atoms with van der Waals surface area (Å²) < 4.78 is 5.60. The molecule has 116 valence electrons. The third-order valence-electron chi connectivity index (χ3n) is 3.64. The molecule has 0 aliphatic rings. The standard InChI is InChI=1S/C19H23NO2/c1-13-5-8-17(9-6-13)16(4)20-19(21)12-22-18-10-7-14(2)11-15(18)3/h5-11,16H,12H2,1-4H3,(H,20,21). The smallest absolute Gasteiger partial charge is 0.258 e. The van der Waals surface area contributed by atoms with Crippen LogP contribution >= 0.6 is 0 Å². The first-order valence-electron chi connectivity index (χ1n) is 7.51. The number of nitrogens with one attached hydrogen (secondary N) is 1. The monoisotopic (exact) mass is 297 g/mol. The molecule has 0 spiro atoms. The predicted octanol–water partition coefficient (Wildman–Crippen LogP) is 3.87. The first kappa shape index (κ1) is 16.1. The van der Waals surface area contributed by atoms with E-state index in [9.17, 15) is 4.79 Å². The van der Waals surface area contributed by atoms with Crippen molar-refractivity contribution >= 4 is 5.91 Å². The zero-order chi connectivity index (χ0) is 16.1. The molecule has 0 radical (unpaired) electrons. The van der Waals surface area contributed by atoms with Crippen LogP contribution in [0.4, 0.5) is 0 Å². The van der Waals surface area contributed by atoms with Crippen LogP contribution in [-0.2, 0) is 4.79 Å². The molecule has 0 aromatic heterocycles. The fourth-order valence-electron chi connectivity index (χ4n) is 2.33. The number of benzene rings is 2. The van der Waals surface area contributed by atoms with Gasteiger partial charge in [0, 0.05) is 0 Å². The highest BCUT2D eigenvalue weighted by atomic mass is 16.5. The summed E-state index contributed by atoms with van der Waals surface area (Å²) >= 11 is 0. The lowest BCUT2D eigenvalue weighted by molar-refractivity contribution is -0.123. The zero-order valence-electron chi connectivity index (χ0n) is 13.6. The maximum Gasteiger partial charge on any atom is 0.258 e. The molecule has 3 heteroatoms. The molecule has 1 unspecified atom stereocenters. The lowest BCUT2D eigenvalue weighted by Crippen LogP contribution is -2.31. The lowest BCUT2D eigenvalue weighted by Gasteiger charge is -2.15. The molecule has 1 N–H and O–H groups in total. The largest absolute Gasteiger partial charge is 0.484 e. The van der Waals surface area contributed by atoms with E-state index in [-0.39, 0.29) is 18.6 Å². The second-order valence-corrected chi connectivity index (χ2v) is 5.76. The second-order valence-electron chi connectivity index (χ2n) is 5.76. The third kappa shape index (κ3) is 4.35. The van der Waals surface area contributed by atoms with Crippen LogP contribution in [-0.4, -0.2) is 12.5 Å². The Morgan fingerprint density at radius 2 is 1.68 bits per heavy atom. The summed E-state index contributed by atoms with van der Waals surface area (Å²) in [4.78, 5) is 12.0. The van der Waals surface area contributed by atoms with Crippen molar-refractivity contribution in [2.75, 3.05) is 6.61 Å². The van der Waals surface area contributed by atoms with Gasteiger partial charge in [-0.1, -0.05) is 47.5 Å². The Morgan fingerprint density at radius 3 is 2.32 bits per heavy atom.